The molecule has 1 aromatic heterocycles. The van der Waals surface area contributed by atoms with Crippen molar-refractivity contribution in [2.24, 2.45) is 18.1 Å². The molecule has 2 aliphatic rings. The molecule has 1 fully saturated rings. The van der Waals surface area contributed by atoms with E-state index in [0.717, 1.165) is 31.4 Å². The second-order valence-electron chi connectivity index (χ2n) is 4.77. The first-order valence-electron chi connectivity index (χ1n) is 6.08. The molecular formula is C11H14N4O3. The summed E-state index contributed by atoms with van der Waals surface area (Å²) < 4.78 is 1.47. The summed E-state index contributed by atoms with van der Waals surface area (Å²) in [5, 5.41) is 14.9. The Balaban J connectivity index is 1.93. The maximum Gasteiger partial charge on any atom is 0.342 e. The minimum absolute atomic E-state index is 0.0213. The van der Waals surface area contributed by atoms with Gasteiger partial charge in [0.25, 0.3) is 0 Å². The lowest BCUT2D eigenvalue weighted by Crippen LogP contribution is -2.28. The van der Waals surface area contributed by atoms with E-state index in [0.29, 0.717) is 5.82 Å². The average Bonchev–Trinajstić information content (AvgIpc) is 2.92. The third kappa shape index (κ3) is 1.58. The molecule has 0 bridgehead atoms. The Morgan fingerprint density at radius 2 is 2.28 bits per heavy atom. The summed E-state index contributed by atoms with van der Waals surface area (Å²) in [6.07, 6.45) is 5.73. The van der Waals surface area contributed by atoms with Crippen molar-refractivity contribution in [3.05, 3.63) is 22.1 Å². The van der Waals surface area contributed by atoms with Gasteiger partial charge in [0.05, 0.1) is 13.0 Å². The van der Waals surface area contributed by atoms with Crippen LogP contribution in [0.15, 0.2) is 11.4 Å². The van der Waals surface area contributed by atoms with Gasteiger partial charge in [-0.25, -0.2) is 9.55 Å². The zero-order chi connectivity index (χ0) is 12.7. The highest BCUT2D eigenvalue weighted by atomic mass is 16.6. The van der Waals surface area contributed by atoms with Crippen LogP contribution in [0.4, 0.5) is 5.82 Å². The van der Waals surface area contributed by atoms with Crippen molar-refractivity contribution >= 4 is 11.5 Å². The summed E-state index contributed by atoms with van der Waals surface area (Å²) in [6, 6.07) is 0. The molecule has 0 saturated heterocycles. The van der Waals surface area contributed by atoms with Crippen LogP contribution in [-0.2, 0) is 11.9 Å². The Labute approximate surface area is 104 Å². The average molecular weight is 250 g/mol. The number of hydrogen-bond acceptors (Lipinski definition) is 5. The molecule has 2 unspecified atom stereocenters. The molecule has 1 aromatic rings. The number of hydrogen-bond donors (Lipinski definition) is 0. The molecule has 0 spiro atoms. The number of nitro groups is 1. The normalized spacial score (nSPS) is 26.4. The first-order valence-corrected chi connectivity index (χ1v) is 6.08. The summed E-state index contributed by atoms with van der Waals surface area (Å²) in [4.78, 5) is 19.9. The lowest BCUT2D eigenvalue weighted by atomic mass is 9.83. The van der Waals surface area contributed by atoms with Crippen LogP contribution in [0.3, 0.4) is 0 Å². The fraction of sp³-hybridized carbons (Fsp3) is 0.636. The van der Waals surface area contributed by atoms with Crippen LogP contribution in [0.1, 0.15) is 31.5 Å². The molecule has 18 heavy (non-hydrogen) atoms. The number of rotatable bonds is 2. The third-order valence-electron chi connectivity index (χ3n) is 3.72. The van der Waals surface area contributed by atoms with Gasteiger partial charge in [0.15, 0.2) is 5.71 Å². The van der Waals surface area contributed by atoms with Crippen LogP contribution in [0.5, 0.6) is 0 Å². The van der Waals surface area contributed by atoms with Gasteiger partial charge >= 0.3 is 5.82 Å². The van der Waals surface area contributed by atoms with Gasteiger partial charge in [0, 0.05) is 0 Å². The van der Waals surface area contributed by atoms with Crippen molar-refractivity contribution < 1.29 is 9.76 Å². The van der Waals surface area contributed by atoms with Crippen molar-refractivity contribution in [2.75, 3.05) is 0 Å². The van der Waals surface area contributed by atoms with Crippen molar-refractivity contribution in [1.82, 2.24) is 9.55 Å². The molecule has 0 aromatic carbocycles. The molecule has 2 heterocycles. The van der Waals surface area contributed by atoms with Gasteiger partial charge in [0.2, 0.25) is 5.82 Å². The van der Waals surface area contributed by atoms with E-state index < -0.39 is 4.92 Å². The Morgan fingerprint density at radius 3 is 3.00 bits per heavy atom. The molecule has 7 nitrogen and oxygen atoms in total. The van der Waals surface area contributed by atoms with Crippen LogP contribution < -0.4 is 0 Å². The number of nitrogens with zero attached hydrogens (tertiary/aromatic N) is 4. The lowest BCUT2D eigenvalue weighted by molar-refractivity contribution is -0.391. The van der Waals surface area contributed by atoms with Crippen molar-refractivity contribution in [1.29, 1.82) is 0 Å². The third-order valence-corrected chi connectivity index (χ3v) is 3.72. The minimum Gasteiger partial charge on any atom is -0.391 e. The fourth-order valence-corrected chi connectivity index (χ4v) is 2.74. The van der Waals surface area contributed by atoms with Gasteiger partial charge in [-0.15, -0.1) is 0 Å². The van der Waals surface area contributed by atoms with E-state index in [9.17, 15) is 10.1 Å². The molecule has 0 radical (unpaired) electrons. The van der Waals surface area contributed by atoms with Gasteiger partial charge in [-0.1, -0.05) is 11.6 Å². The predicted molar refractivity (Wildman–Crippen MR) is 63.2 cm³/mol. The predicted octanol–water partition coefficient (Wildman–Crippen LogP) is 1.62. The van der Waals surface area contributed by atoms with E-state index in [2.05, 4.69) is 10.1 Å². The smallest absolute Gasteiger partial charge is 0.342 e. The molecule has 2 atom stereocenters. The highest BCUT2D eigenvalue weighted by Crippen LogP contribution is 2.34. The van der Waals surface area contributed by atoms with Crippen molar-refractivity contribution in [2.45, 2.75) is 31.8 Å². The van der Waals surface area contributed by atoms with E-state index in [1.165, 1.54) is 10.8 Å². The van der Waals surface area contributed by atoms with E-state index in [1.54, 1.807) is 7.05 Å². The topological polar surface area (TPSA) is 82.5 Å². The zero-order valence-corrected chi connectivity index (χ0v) is 10.1. The van der Waals surface area contributed by atoms with Crippen molar-refractivity contribution in [3.8, 4) is 0 Å². The fourth-order valence-electron chi connectivity index (χ4n) is 2.74. The summed E-state index contributed by atoms with van der Waals surface area (Å²) in [6.45, 7) is 0. The van der Waals surface area contributed by atoms with Crippen LogP contribution in [0.25, 0.3) is 0 Å². The molecule has 7 heteroatoms. The van der Waals surface area contributed by atoms with Gasteiger partial charge in [-0.3, -0.25) is 0 Å². The molecule has 1 aliphatic carbocycles. The highest BCUT2D eigenvalue weighted by Gasteiger charge is 2.40. The summed E-state index contributed by atoms with van der Waals surface area (Å²) in [5.74, 6) is 0.766. The number of imidazole rings is 1. The maximum absolute atomic E-state index is 10.8. The molecule has 0 amide bonds. The highest BCUT2D eigenvalue weighted by molar-refractivity contribution is 6.00. The maximum atomic E-state index is 10.8. The standard InChI is InChI=1S/C11H14N4O3/c1-14-9(15(16)17)6-12-11(14)10-7-4-2-3-5-8(7)18-13-10/h6-8H,2-5H2,1H3. The molecule has 1 aliphatic heterocycles. The van der Waals surface area contributed by atoms with Gasteiger partial charge < -0.3 is 15.0 Å². The van der Waals surface area contributed by atoms with Gasteiger partial charge in [0.1, 0.15) is 12.3 Å². The quantitative estimate of drug-likeness (QED) is 0.590. The SMILES string of the molecule is Cn1c([N+](=O)[O-])cnc1C1=NOC2CCCCC12. The summed E-state index contributed by atoms with van der Waals surface area (Å²) in [5.41, 5.74) is 0.760. The van der Waals surface area contributed by atoms with Crippen LogP contribution in [-0.4, -0.2) is 26.3 Å². The molecule has 0 N–H and O–H groups in total. The molecule has 96 valence electrons. The van der Waals surface area contributed by atoms with E-state index in [1.807, 2.05) is 0 Å². The lowest BCUT2D eigenvalue weighted by Gasteiger charge is -2.22. The Hall–Kier alpha value is -1.92. The summed E-state index contributed by atoms with van der Waals surface area (Å²) in [7, 11) is 1.64. The van der Waals surface area contributed by atoms with Crippen LogP contribution in [0, 0.1) is 16.0 Å². The molecule has 1 saturated carbocycles. The second-order valence-corrected chi connectivity index (χ2v) is 4.77. The minimum atomic E-state index is -0.439. The van der Waals surface area contributed by atoms with E-state index in [4.69, 9.17) is 4.84 Å². The van der Waals surface area contributed by atoms with Gasteiger partial charge in [-0.05, 0) is 24.2 Å². The first kappa shape index (κ1) is 11.2. The molecular weight excluding hydrogens is 236 g/mol. The monoisotopic (exact) mass is 250 g/mol. The second kappa shape index (κ2) is 4.08. The molecule has 3 rings (SSSR count). The number of fused-ring (bicyclic) bond motifs is 1. The van der Waals surface area contributed by atoms with Crippen molar-refractivity contribution in [3.63, 3.8) is 0 Å². The zero-order valence-electron chi connectivity index (χ0n) is 10.1. The number of aromatic nitrogens is 2. The Kier molecular flexibility index (Phi) is 2.53. The first-order chi connectivity index (χ1) is 8.68. The van der Waals surface area contributed by atoms with Crippen LogP contribution in [0.2, 0.25) is 0 Å². The van der Waals surface area contributed by atoms with E-state index in [-0.39, 0.29) is 17.8 Å². The number of oxime groups is 1. The largest absolute Gasteiger partial charge is 0.391 e. The van der Waals surface area contributed by atoms with Gasteiger partial charge in [-0.2, -0.15) is 0 Å². The van der Waals surface area contributed by atoms with Crippen LogP contribution >= 0.6 is 0 Å². The Morgan fingerprint density at radius 1 is 1.50 bits per heavy atom. The Bertz CT molecular complexity index is 522. The van der Waals surface area contributed by atoms with E-state index >= 15 is 0 Å². The summed E-state index contributed by atoms with van der Waals surface area (Å²) >= 11 is 0.